The van der Waals surface area contributed by atoms with E-state index in [0.29, 0.717) is 22.9 Å². The molecule has 0 unspecified atom stereocenters. The highest BCUT2D eigenvalue weighted by molar-refractivity contribution is 7.99. The Morgan fingerprint density at radius 1 is 1.15 bits per heavy atom. The predicted octanol–water partition coefficient (Wildman–Crippen LogP) is 5.75. The lowest BCUT2D eigenvalue weighted by molar-refractivity contribution is 0.146. The number of nitrogens with one attached hydrogen (secondary N) is 1. The van der Waals surface area contributed by atoms with Gasteiger partial charge in [-0.25, -0.2) is 23.1 Å². The van der Waals surface area contributed by atoms with Crippen LogP contribution in [0.15, 0.2) is 36.7 Å². The number of rotatable bonds is 5. The second kappa shape index (κ2) is 8.66. The van der Waals surface area contributed by atoms with Crippen LogP contribution in [-0.4, -0.2) is 36.1 Å². The Labute approximate surface area is 192 Å². The molecule has 6 nitrogen and oxygen atoms in total. The summed E-state index contributed by atoms with van der Waals surface area (Å²) in [5.41, 5.74) is 3.01. The highest BCUT2D eigenvalue weighted by Gasteiger charge is 2.22. The second-order valence-corrected chi connectivity index (χ2v) is 9.06. The van der Waals surface area contributed by atoms with Crippen LogP contribution in [0.3, 0.4) is 0 Å². The SMILES string of the molecule is Cc1nc(N[C@H](C)c2cccc(C(F)F)c2F)c2cc(C3=CCSCC3)c3nncn3c2n1. The van der Waals surface area contributed by atoms with E-state index in [9.17, 15) is 13.2 Å². The maximum Gasteiger partial charge on any atom is 0.266 e. The number of allylic oxidation sites excluding steroid dienone is 1. The number of thioether (sulfide) groups is 1. The van der Waals surface area contributed by atoms with Gasteiger partial charge in [0.1, 0.15) is 23.8 Å². The number of nitrogens with zero attached hydrogens (tertiary/aromatic N) is 5. The number of halogens is 3. The first kappa shape index (κ1) is 21.7. The third-order valence-corrected chi connectivity index (χ3v) is 6.66. The lowest BCUT2D eigenvalue weighted by Crippen LogP contribution is -2.13. The molecular weight excluding hydrogens is 449 g/mol. The summed E-state index contributed by atoms with van der Waals surface area (Å²) in [4.78, 5) is 9.15. The van der Waals surface area contributed by atoms with Crippen LogP contribution in [0.25, 0.3) is 22.3 Å². The number of aryl methyl sites for hydroxylation is 1. The fourth-order valence-corrected chi connectivity index (χ4v) is 4.99. The first-order chi connectivity index (χ1) is 15.9. The second-order valence-electron chi connectivity index (χ2n) is 7.91. The van der Waals surface area contributed by atoms with Crippen molar-refractivity contribution in [3.63, 3.8) is 0 Å². The zero-order chi connectivity index (χ0) is 23.1. The van der Waals surface area contributed by atoms with Crippen LogP contribution in [0.5, 0.6) is 0 Å². The molecule has 10 heteroatoms. The Hall–Kier alpha value is -3.14. The van der Waals surface area contributed by atoms with Crippen molar-refractivity contribution < 1.29 is 13.2 Å². The molecule has 1 aromatic carbocycles. The van der Waals surface area contributed by atoms with E-state index >= 15 is 0 Å². The Morgan fingerprint density at radius 3 is 2.73 bits per heavy atom. The van der Waals surface area contributed by atoms with Crippen molar-refractivity contribution in [2.75, 3.05) is 16.8 Å². The summed E-state index contributed by atoms with van der Waals surface area (Å²) >= 11 is 1.87. The summed E-state index contributed by atoms with van der Waals surface area (Å²) in [6, 6.07) is 5.43. The van der Waals surface area contributed by atoms with Crippen molar-refractivity contribution in [3.8, 4) is 0 Å². The van der Waals surface area contributed by atoms with Gasteiger partial charge >= 0.3 is 0 Å². The van der Waals surface area contributed by atoms with Gasteiger partial charge in [0.2, 0.25) is 0 Å². The van der Waals surface area contributed by atoms with Crippen molar-refractivity contribution >= 4 is 39.8 Å². The molecule has 0 spiro atoms. The maximum atomic E-state index is 14.8. The van der Waals surface area contributed by atoms with Gasteiger partial charge in [-0.15, -0.1) is 10.2 Å². The Morgan fingerprint density at radius 2 is 1.97 bits per heavy atom. The molecule has 33 heavy (non-hydrogen) atoms. The number of benzene rings is 1. The fourth-order valence-electron chi connectivity index (χ4n) is 4.14. The third kappa shape index (κ3) is 3.92. The molecule has 0 aliphatic carbocycles. The number of anilines is 1. The quantitative estimate of drug-likeness (QED) is 0.401. The molecule has 0 amide bonds. The molecule has 1 N–H and O–H groups in total. The van der Waals surface area contributed by atoms with E-state index in [-0.39, 0.29) is 5.56 Å². The maximum absolute atomic E-state index is 14.8. The number of hydrogen-bond donors (Lipinski definition) is 1. The third-order valence-electron chi connectivity index (χ3n) is 5.77. The van der Waals surface area contributed by atoms with Crippen LogP contribution < -0.4 is 5.32 Å². The Balaban J connectivity index is 1.64. The van der Waals surface area contributed by atoms with Crippen LogP contribution >= 0.6 is 11.8 Å². The van der Waals surface area contributed by atoms with Gasteiger partial charge in [-0.05, 0) is 37.7 Å². The molecule has 1 aliphatic heterocycles. The van der Waals surface area contributed by atoms with E-state index < -0.39 is 23.8 Å². The van der Waals surface area contributed by atoms with Crippen molar-refractivity contribution in [1.82, 2.24) is 24.6 Å². The van der Waals surface area contributed by atoms with Gasteiger partial charge < -0.3 is 5.32 Å². The lowest BCUT2D eigenvalue weighted by atomic mass is 10.0. The number of aromatic nitrogens is 5. The minimum absolute atomic E-state index is 0.148. The average molecular weight is 471 g/mol. The average Bonchev–Trinajstić information content (AvgIpc) is 3.29. The number of fused-ring (bicyclic) bond motifs is 3. The normalized spacial score (nSPS) is 15.3. The van der Waals surface area contributed by atoms with Crippen molar-refractivity contribution in [1.29, 1.82) is 0 Å². The molecule has 1 atom stereocenters. The predicted molar refractivity (Wildman–Crippen MR) is 124 cm³/mol. The van der Waals surface area contributed by atoms with Crippen molar-refractivity contribution in [2.45, 2.75) is 32.7 Å². The van der Waals surface area contributed by atoms with Crippen molar-refractivity contribution in [3.05, 3.63) is 65.0 Å². The standard InChI is InChI=1S/C23H21F3N6S/c1-12(15-4-3-5-16(19(15)24)20(25)26)28-21-18-10-17(14-6-8-33-9-7-14)23-31-27-11-32(23)22(18)30-13(2)29-21/h3-6,10-12,20H,7-9H2,1-2H3,(H,28,29,30)/t12-/m1/s1. The highest BCUT2D eigenvalue weighted by Crippen LogP contribution is 2.34. The topological polar surface area (TPSA) is 68.0 Å². The van der Waals surface area contributed by atoms with Gasteiger partial charge in [0, 0.05) is 16.9 Å². The lowest BCUT2D eigenvalue weighted by Gasteiger charge is -2.20. The van der Waals surface area contributed by atoms with E-state index in [1.807, 2.05) is 22.2 Å². The summed E-state index contributed by atoms with van der Waals surface area (Å²) < 4.78 is 43.0. The number of hydrogen-bond acceptors (Lipinski definition) is 6. The number of alkyl halides is 2. The van der Waals surface area contributed by atoms with E-state index in [1.54, 1.807) is 20.2 Å². The van der Waals surface area contributed by atoms with E-state index in [4.69, 9.17) is 0 Å². The zero-order valence-electron chi connectivity index (χ0n) is 18.0. The zero-order valence-corrected chi connectivity index (χ0v) is 18.8. The monoisotopic (exact) mass is 470 g/mol. The summed E-state index contributed by atoms with van der Waals surface area (Å²) in [5, 5.41) is 12.3. The van der Waals surface area contributed by atoms with Crippen LogP contribution in [-0.2, 0) is 0 Å². The van der Waals surface area contributed by atoms with E-state index in [1.165, 1.54) is 17.7 Å². The molecule has 0 saturated heterocycles. The van der Waals surface area contributed by atoms with Crippen LogP contribution in [0, 0.1) is 12.7 Å². The van der Waals surface area contributed by atoms with Gasteiger partial charge in [0.25, 0.3) is 6.43 Å². The number of pyridine rings is 1. The molecule has 0 fully saturated rings. The van der Waals surface area contributed by atoms with Crippen LogP contribution in [0.1, 0.15) is 48.3 Å². The van der Waals surface area contributed by atoms with E-state index in [0.717, 1.165) is 34.9 Å². The van der Waals surface area contributed by atoms with Gasteiger partial charge in [0.05, 0.1) is 17.0 Å². The molecule has 5 rings (SSSR count). The van der Waals surface area contributed by atoms with E-state index in [2.05, 4.69) is 31.6 Å². The molecule has 1 aliphatic rings. The van der Waals surface area contributed by atoms with Gasteiger partial charge in [-0.3, -0.25) is 4.40 Å². The highest BCUT2D eigenvalue weighted by atomic mass is 32.2. The van der Waals surface area contributed by atoms with Crippen molar-refractivity contribution in [2.24, 2.45) is 0 Å². The molecule has 170 valence electrons. The molecule has 3 aromatic heterocycles. The minimum Gasteiger partial charge on any atom is -0.363 e. The Kier molecular flexibility index (Phi) is 5.69. The molecule has 0 saturated carbocycles. The Bertz CT molecular complexity index is 1380. The molecule has 0 bridgehead atoms. The minimum atomic E-state index is -2.88. The summed E-state index contributed by atoms with van der Waals surface area (Å²) in [6.07, 6.45) is 1.84. The molecule has 4 aromatic rings. The van der Waals surface area contributed by atoms with Gasteiger partial charge in [-0.1, -0.05) is 24.3 Å². The summed E-state index contributed by atoms with van der Waals surface area (Å²) in [6.45, 7) is 3.48. The summed E-state index contributed by atoms with van der Waals surface area (Å²) in [7, 11) is 0. The van der Waals surface area contributed by atoms with Gasteiger partial charge in [-0.2, -0.15) is 11.8 Å². The first-order valence-corrected chi connectivity index (χ1v) is 11.7. The fraction of sp³-hybridized carbons (Fsp3) is 0.304. The molecule has 0 radical (unpaired) electrons. The van der Waals surface area contributed by atoms with Crippen LogP contribution in [0.4, 0.5) is 19.0 Å². The smallest absolute Gasteiger partial charge is 0.266 e. The largest absolute Gasteiger partial charge is 0.363 e. The first-order valence-electron chi connectivity index (χ1n) is 10.5. The summed E-state index contributed by atoms with van der Waals surface area (Å²) in [5.74, 6) is 2.05. The van der Waals surface area contributed by atoms with Gasteiger partial charge in [0.15, 0.2) is 11.3 Å². The molecular formula is C23H21F3N6S. The molecule has 4 heterocycles. The van der Waals surface area contributed by atoms with Crippen LogP contribution in [0.2, 0.25) is 0 Å².